The largest absolute Gasteiger partial charge is 0.378 e. The van der Waals surface area contributed by atoms with Crippen LogP contribution in [0.5, 0.6) is 0 Å². The van der Waals surface area contributed by atoms with Crippen molar-refractivity contribution in [3.8, 4) is 11.4 Å². The third kappa shape index (κ3) is 2.82. The molecule has 3 aromatic heterocycles. The second kappa shape index (κ2) is 6.75. The Balaban J connectivity index is 1.72. The molecule has 3 aromatic rings. The molecule has 28 heavy (non-hydrogen) atoms. The molecule has 146 valence electrons. The van der Waals surface area contributed by atoms with Crippen LogP contribution in [0, 0.1) is 6.92 Å². The first kappa shape index (κ1) is 17.4. The Kier molecular flexibility index (Phi) is 4.21. The number of hydrogen-bond acceptors (Lipinski definition) is 8. The van der Waals surface area contributed by atoms with Crippen molar-refractivity contribution in [2.75, 3.05) is 44.8 Å². The van der Waals surface area contributed by atoms with Crippen molar-refractivity contribution in [3.63, 3.8) is 0 Å². The Morgan fingerprint density at radius 3 is 2.50 bits per heavy atom. The van der Waals surface area contributed by atoms with Gasteiger partial charge in [0.1, 0.15) is 11.6 Å². The first-order valence-electron chi connectivity index (χ1n) is 9.72. The van der Waals surface area contributed by atoms with Gasteiger partial charge >= 0.3 is 0 Å². The van der Waals surface area contributed by atoms with Gasteiger partial charge in [0, 0.05) is 38.6 Å². The molecule has 0 aliphatic carbocycles. The fourth-order valence-corrected chi connectivity index (χ4v) is 3.82. The second-order valence-electron chi connectivity index (χ2n) is 7.44. The molecule has 0 radical (unpaired) electrons. The van der Waals surface area contributed by atoms with Gasteiger partial charge in [-0.3, -0.25) is 4.90 Å². The molecule has 9 heteroatoms. The number of hydrogen-bond donors (Lipinski definition) is 0. The lowest BCUT2D eigenvalue weighted by Gasteiger charge is -2.30. The molecule has 1 fully saturated rings. The highest BCUT2D eigenvalue weighted by Crippen LogP contribution is 2.32. The molecule has 1 atom stereocenters. The minimum absolute atomic E-state index is 0.242. The Labute approximate surface area is 163 Å². The maximum atomic E-state index is 5.54. The molecule has 0 aromatic carbocycles. The minimum Gasteiger partial charge on any atom is -0.378 e. The maximum Gasteiger partial charge on any atom is 0.167 e. The molecule has 5 rings (SSSR count). The zero-order valence-corrected chi connectivity index (χ0v) is 16.5. The number of morpholine rings is 1. The van der Waals surface area contributed by atoms with Crippen molar-refractivity contribution < 1.29 is 4.74 Å². The van der Waals surface area contributed by atoms with E-state index in [0.717, 1.165) is 60.4 Å². The van der Waals surface area contributed by atoms with Gasteiger partial charge in [-0.1, -0.05) is 0 Å². The molecular weight excluding hydrogens is 356 g/mol. The number of anilines is 1. The standard InChI is InChI=1S/C19H24N8O/c1-12-17-22-15-18(26-6-8-28-9-7-26)23-16(14-10-20-13(2)21-11-14)24-19(15)27(17)5-4-25(12)3/h10-12H,4-9H2,1-3H3. The number of imidazole rings is 1. The molecule has 0 amide bonds. The normalized spacial score (nSPS) is 20.5. The molecule has 2 aliphatic rings. The van der Waals surface area contributed by atoms with Crippen molar-refractivity contribution in [3.05, 3.63) is 24.0 Å². The van der Waals surface area contributed by atoms with Crippen molar-refractivity contribution in [2.24, 2.45) is 0 Å². The lowest BCUT2D eigenvalue weighted by molar-refractivity contribution is 0.122. The van der Waals surface area contributed by atoms with Crippen LogP contribution >= 0.6 is 0 Å². The van der Waals surface area contributed by atoms with Gasteiger partial charge in [-0.15, -0.1) is 0 Å². The molecule has 2 aliphatic heterocycles. The minimum atomic E-state index is 0.242. The van der Waals surface area contributed by atoms with Gasteiger partial charge in [0.15, 0.2) is 22.8 Å². The molecule has 1 saturated heterocycles. The average Bonchev–Trinajstić information content (AvgIpc) is 3.10. The average molecular weight is 380 g/mol. The molecule has 0 spiro atoms. The third-order valence-electron chi connectivity index (χ3n) is 5.67. The molecule has 9 nitrogen and oxygen atoms in total. The fraction of sp³-hybridized carbons (Fsp3) is 0.526. The highest BCUT2D eigenvalue weighted by Gasteiger charge is 2.29. The van der Waals surface area contributed by atoms with E-state index in [1.54, 1.807) is 12.4 Å². The first-order valence-corrected chi connectivity index (χ1v) is 9.72. The quantitative estimate of drug-likeness (QED) is 0.660. The zero-order chi connectivity index (χ0) is 19.3. The lowest BCUT2D eigenvalue weighted by Crippen LogP contribution is -2.37. The van der Waals surface area contributed by atoms with E-state index >= 15 is 0 Å². The summed E-state index contributed by atoms with van der Waals surface area (Å²) in [5.41, 5.74) is 2.58. The van der Waals surface area contributed by atoms with Crippen LogP contribution in [0.15, 0.2) is 12.4 Å². The summed E-state index contributed by atoms with van der Waals surface area (Å²) in [6, 6.07) is 0.242. The highest BCUT2D eigenvalue weighted by molar-refractivity contribution is 5.86. The van der Waals surface area contributed by atoms with Gasteiger partial charge in [-0.05, 0) is 20.9 Å². The number of aromatic nitrogens is 6. The van der Waals surface area contributed by atoms with Gasteiger partial charge in [0.25, 0.3) is 0 Å². The van der Waals surface area contributed by atoms with Crippen molar-refractivity contribution in [2.45, 2.75) is 26.4 Å². The van der Waals surface area contributed by atoms with Crippen LogP contribution in [-0.4, -0.2) is 74.3 Å². The molecule has 0 N–H and O–H groups in total. The zero-order valence-electron chi connectivity index (χ0n) is 16.5. The third-order valence-corrected chi connectivity index (χ3v) is 5.67. The van der Waals surface area contributed by atoms with E-state index in [2.05, 4.69) is 38.3 Å². The summed E-state index contributed by atoms with van der Waals surface area (Å²) in [7, 11) is 2.14. The summed E-state index contributed by atoms with van der Waals surface area (Å²) < 4.78 is 7.78. The summed E-state index contributed by atoms with van der Waals surface area (Å²) in [6.45, 7) is 8.89. The smallest absolute Gasteiger partial charge is 0.167 e. The molecule has 5 heterocycles. The number of likely N-dealkylation sites (N-methyl/N-ethyl adjacent to an activating group) is 1. The van der Waals surface area contributed by atoms with Crippen LogP contribution in [0.1, 0.15) is 24.6 Å². The van der Waals surface area contributed by atoms with Crippen LogP contribution in [0.3, 0.4) is 0 Å². The van der Waals surface area contributed by atoms with Crippen LogP contribution in [0.4, 0.5) is 5.82 Å². The lowest BCUT2D eigenvalue weighted by atomic mass is 10.2. The Bertz CT molecular complexity index is 1010. The van der Waals surface area contributed by atoms with Crippen LogP contribution in [0.25, 0.3) is 22.6 Å². The van der Waals surface area contributed by atoms with Gasteiger partial charge < -0.3 is 14.2 Å². The molecule has 1 unspecified atom stereocenters. The van der Waals surface area contributed by atoms with Gasteiger partial charge in [-0.25, -0.2) is 24.9 Å². The number of nitrogens with zero attached hydrogens (tertiary/aromatic N) is 8. The number of rotatable bonds is 2. The Morgan fingerprint density at radius 1 is 1.00 bits per heavy atom. The Morgan fingerprint density at radius 2 is 1.75 bits per heavy atom. The van der Waals surface area contributed by atoms with Crippen LogP contribution < -0.4 is 4.90 Å². The molecule has 0 saturated carbocycles. The molecular formula is C19H24N8O. The number of ether oxygens (including phenoxy) is 1. The summed E-state index contributed by atoms with van der Waals surface area (Å²) in [6.07, 6.45) is 3.58. The van der Waals surface area contributed by atoms with Crippen molar-refractivity contribution in [1.82, 2.24) is 34.4 Å². The number of aryl methyl sites for hydroxylation is 1. The van der Waals surface area contributed by atoms with Crippen molar-refractivity contribution >= 4 is 17.0 Å². The fourth-order valence-electron chi connectivity index (χ4n) is 3.82. The van der Waals surface area contributed by atoms with E-state index in [1.807, 2.05) is 6.92 Å². The first-order chi connectivity index (χ1) is 13.6. The number of fused-ring (bicyclic) bond motifs is 3. The topological polar surface area (TPSA) is 85.1 Å². The second-order valence-corrected chi connectivity index (χ2v) is 7.44. The van der Waals surface area contributed by atoms with E-state index in [1.165, 1.54) is 0 Å². The summed E-state index contributed by atoms with van der Waals surface area (Å²) >= 11 is 0. The van der Waals surface area contributed by atoms with Crippen LogP contribution in [0.2, 0.25) is 0 Å². The highest BCUT2D eigenvalue weighted by atomic mass is 16.5. The predicted octanol–water partition coefficient (Wildman–Crippen LogP) is 1.43. The van der Waals surface area contributed by atoms with Crippen LogP contribution in [-0.2, 0) is 11.3 Å². The summed E-state index contributed by atoms with van der Waals surface area (Å²) in [5, 5.41) is 0. The van der Waals surface area contributed by atoms with E-state index in [4.69, 9.17) is 19.7 Å². The Hall–Kier alpha value is -2.65. The monoisotopic (exact) mass is 380 g/mol. The SMILES string of the molecule is Cc1ncc(-c2nc(N3CCOCC3)c3nc4n(c3n2)CCN(C)C4C)cn1. The van der Waals surface area contributed by atoms with Gasteiger partial charge in [-0.2, -0.15) is 0 Å². The van der Waals surface area contributed by atoms with Gasteiger partial charge in [0.05, 0.1) is 24.8 Å². The predicted molar refractivity (Wildman–Crippen MR) is 105 cm³/mol. The van der Waals surface area contributed by atoms with Gasteiger partial charge in [0.2, 0.25) is 0 Å². The van der Waals surface area contributed by atoms with E-state index in [0.29, 0.717) is 19.0 Å². The molecule has 0 bridgehead atoms. The summed E-state index contributed by atoms with van der Waals surface area (Å²) in [4.78, 5) is 28.0. The van der Waals surface area contributed by atoms with Crippen molar-refractivity contribution in [1.29, 1.82) is 0 Å². The maximum absolute atomic E-state index is 5.54. The van der Waals surface area contributed by atoms with E-state index in [-0.39, 0.29) is 6.04 Å². The van der Waals surface area contributed by atoms with E-state index < -0.39 is 0 Å². The van der Waals surface area contributed by atoms with E-state index in [9.17, 15) is 0 Å². The summed E-state index contributed by atoms with van der Waals surface area (Å²) in [5.74, 6) is 3.30.